The van der Waals surface area contributed by atoms with Gasteiger partial charge < -0.3 is 33.3 Å². The number of aromatic hydroxyl groups is 4. The van der Waals surface area contributed by atoms with Crippen LogP contribution in [0.3, 0.4) is 0 Å². The second kappa shape index (κ2) is 17.2. The first-order valence-corrected chi connectivity index (χ1v) is 11.0. The number of nitrogens with zero attached hydrogens (tertiary/aromatic N) is 3. The van der Waals surface area contributed by atoms with E-state index in [-0.39, 0.29) is 35.9 Å². The van der Waals surface area contributed by atoms with Crippen molar-refractivity contribution in [1.82, 2.24) is 0 Å². The van der Waals surface area contributed by atoms with Gasteiger partial charge in [0.05, 0.1) is 0 Å². The molecule has 0 spiro atoms. The van der Waals surface area contributed by atoms with Crippen molar-refractivity contribution in [2.45, 2.75) is 0 Å². The van der Waals surface area contributed by atoms with Gasteiger partial charge in [0, 0.05) is 23.6 Å². The SMILES string of the molecule is O.Oc1ccccc1C=Nc1ccccc1O.Oc1ccccc1C=Nc1ccccc1O.[CH3-].[N]#[Os]. The van der Waals surface area contributed by atoms with E-state index in [1.54, 1.807) is 84.9 Å². The van der Waals surface area contributed by atoms with Gasteiger partial charge in [0.25, 0.3) is 0 Å². The minimum absolute atomic E-state index is 0. The number of hydrogen-bond acceptors (Lipinski definition) is 7. The van der Waals surface area contributed by atoms with E-state index in [1.807, 2.05) is 12.1 Å². The van der Waals surface area contributed by atoms with E-state index in [1.165, 1.54) is 12.4 Å². The molecule has 0 heterocycles. The summed E-state index contributed by atoms with van der Waals surface area (Å²) in [6.45, 7) is 0. The first-order chi connectivity index (χ1) is 16.5. The van der Waals surface area contributed by atoms with Crippen LogP contribution < -0.4 is 0 Å². The molecule has 0 saturated carbocycles. The van der Waals surface area contributed by atoms with Gasteiger partial charge in [-0.3, -0.25) is 9.98 Å². The van der Waals surface area contributed by atoms with Gasteiger partial charge >= 0.3 is 22.1 Å². The number of para-hydroxylation sites is 6. The predicted octanol–water partition coefficient (Wildman–Crippen LogP) is 5.33. The van der Waals surface area contributed by atoms with Gasteiger partial charge in [0.15, 0.2) is 0 Å². The van der Waals surface area contributed by atoms with Gasteiger partial charge in [-0.05, 0) is 48.5 Å². The normalized spacial score (nSPS) is 9.64. The van der Waals surface area contributed by atoms with E-state index in [9.17, 15) is 20.4 Å². The molecule has 6 N–H and O–H groups in total. The summed E-state index contributed by atoms with van der Waals surface area (Å²) in [7, 11) is 0. The van der Waals surface area contributed by atoms with Crippen LogP contribution in [-0.2, 0) is 18.2 Å². The van der Waals surface area contributed by atoms with Gasteiger partial charge in [0.2, 0.25) is 0 Å². The molecule has 0 radical (unpaired) electrons. The Morgan fingerprint density at radius 2 is 0.778 bits per heavy atom. The molecule has 4 rings (SSSR count). The average Bonchev–Trinajstić information content (AvgIpc) is 2.86. The molecule has 9 heteroatoms. The fourth-order valence-corrected chi connectivity index (χ4v) is 2.62. The molecule has 36 heavy (non-hydrogen) atoms. The zero-order valence-electron chi connectivity index (χ0n) is 19.4. The predicted molar refractivity (Wildman–Crippen MR) is 139 cm³/mol. The molecular weight excluding hydrogens is 637 g/mol. The monoisotopic (exact) mass is 665 g/mol. The van der Waals surface area contributed by atoms with E-state index in [0.29, 0.717) is 22.5 Å². The number of phenols is 4. The van der Waals surface area contributed by atoms with Crippen molar-refractivity contribution in [3.63, 3.8) is 0 Å². The van der Waals surface area contributed by atoms with Gasteiger partial charge in [0.1, 0.15) is 34.4 Å². The molecule has 0 aliphatic heterocycles. The van der Waals surface area contributed by atoms with E-state index in [4.69, 9.17) is 3.88 Å². The fraction of sp³-hybridized carbons (Fsp3) is 0. The molecular formula is C27H27N3O5Os-. The summed E-state index contributed by atoms with van der Waals surface area (Å²) in [4.78, 5) is 8.20. The van der Waals surface area contributed by atoms with Gasteiger partial charge in [-0.15, -0.1) is 0 Å². The van der Waals surface area contributed by atoms with Crippen molar-refractivity contribution >= 4 is 23.8 Å². The Balaban J connectivity index is 0.000000605. The molecule has 0 atom stereocenters. The van der Waals surface area contributed by atoms with Crippen LogP contribution in [0, 0.1) is 11.3 Å². The fourth-order valence-electron chi connectivity index (χ4n) is 2.62. The van der Waals surface area contributed by atoms with Crippen LogP contribution in [0.15, 0.2) is 107 Å². The molecule has 0 saturated heterocycles. The van der Waals surface area contributed by atoms with E-state index < -0.39 is 0 Å². The van der Waals surface area contributed by atoms with Gasteiger partial charge in [-0.25, -0.2) is 0 Å². The van der Waals surface area contributed by atoms with Gasteiger partial charge in [-0.2, -0.15) is 0 Å². The summed E-state index contributed by atoms with van der Waals surface area (Å²) in [6, 6.07) is 27.4. The first-order valence-electron chi connectivity index (χ1n) is 9.90. The van der Waals surface area contributed by atoms with Crippen LogP contribution in [0.2, 0.25) is 0 Å². The average molecular weight is 664 g/mol. The standard InChI is InChI=1S/2C13H11NO2.CH3.N.H2O.Os/c2*15-12-7-3-1-5-10(12)9-14-11-6-2-4-8-13(11)16;;;;/h2*1-9,15-16H;1H3;;1H2;/q;;-1;;;. The molecule has 0 fully saturated rings. The molecule has 0 aromatic heterocycles. The third-order valence-electron chi connectivity index (χ3n) is 4.32. The molecule has 0 unspecified atom stereocenters. The Hall–Kier alpha value is -4.27. The summed E-state index contributed by atoms with van der Waals surface area (Å²) in [5.41, 5.74) is 2.19. The molecule has 0 aliphatic rings. The number of phenolic OH excluding ortho intramolecular Hbond substituents is 4. The van der Waals surface area contributed by atoms with E-state index in [2.05, 4.69) is 9.98 Å². The summed E-state index contributed by atoms with van der Waals surface area (Å²) in [5, 5.41) is 38.0. The number of benzene rings is 4. The first kappa shape index (κ1) is 31.7. The number of aliphatic imine (C=N–C) groups is 2. The van der Waals surface area contributed by atoms with Crippen LogP contribution >= 0.6 is 0 Å². The Morgan fingerprint density at radius 3 is 1.08 bits per heavy atom. The Morgan fingerprint density at radius 1 is 0.500 bits per heavy atom. The summed E-state index contributed by atoms with van der Waals surface area (Å²) >= 11 is 0.861. The zero-order valence-corrected chi connectivity index (χ0v) is 21.9. The summed E-state index contributed by atoms with van der Waals surface area (Å²) in [5.74, 6) is 0.576. The van der Waals surface area contributed by atoms with E-state index >= 15 is 0 Å². The third kappa shape index (κ3) is 9.92. The van der Waals surface area contributed by atoms with Crippen molar-refractivity contribution in [3.05, 3.63) is 116 Å². The molecule has 0 bridgehead atoms. The van der Waals surface area contributed by atoms with Crippen LogP contribution in [0.25, 0.3) is 0 Å². The molecule has 8 nitrogen and oxygen atoms in total. The van der Waals surface area contributed by atoms with Crippen molar-refractivity contribution in [1.29, 1.82) is 3.88 Å². The maximum absolute atomic E-state index is 9.50. The van der Waals surface area contributed by atoms with Crippen molar-refractivity contribution in [3.8, 4) is 23.0 Å². The van der Waals surface area contributed by atoms with Crippen molar-refractivity contribution in [2.24, 2.45) is 9.98 Å². The molecule has 0 aliphatic carbocycles. The molecule has 4 aromatic carbocycles. The molecule has 4 aromatic rings. The van der Waals surface area contributed by atoms with Crippen LogP contribution in [0.4, 0.5) is 11.4 Å². The quantitative estimate of drug-likeness (QED) is 0.171. The Bertz CT molecular complexity index is 1100. The van der Waals surface area contributed by atoms with Crippen molar-refractivity contribution < 1.29 is 44.1 Å². The van der Waals surface area contributed by atoms with Crippen molar-refractivity contribution in [2.75, 3.05) is 0 Å². The second-order valence-corrected chi connectivity index (χ2v) is 6.61. The Labute approximate surface area is 220 Å². The van der Waals surface area contributed by atoms with E-state index in [0.717, 1.165) is 18.2 Å². The van der Waals surface area contributed by atoms with Crippen LogP contribution in [0.5, 0.6) is 23.0 Å². The zero-order chi connectivity index (χ0) is 24.8. The molecule has 189 valence electrons. The number of hydrogen-bond donors (Lipinski definition) is 4. The topological polar surface area (TPSA) is 161 Å². The Kier molecular flexibility index (Phi) is 15.2. The summed E-state index contributed by atoms with van der Waals surface area (Å²) in [6.07, 6.45) is 3.04. The molecule has 0 amide bonds. The minimum atomic E-state index is 0. The van der Waals surface area contributed by atoms with Gasteiger partial charge in [-0.1, -0.05) is 48.5 Å². The summed E-state index contributed by atoms with van der Waals surface area (Å²) < 4.78 is 7.03. The van der Waals surface area contributed by atoms with Crippen LogP contribution in [0.1, 0.15) is 11.1 Å². The van der Waals surface area contributed by atoms with Crippen LogP contribution in [-0.4, -0.2) is 38.3 Å². The number of rotatable bonds is 4. The maximum atomic E-state index is 9.50. The second-order valence-electron chi connectivity index (χ2n) is 6.61. The third-order valence-corrected chi connectivity index (χ3v) is 4.32.